The standard InChI is InChI=1S/C24H15Cl2N3S2/c25-16-6-9-18(10-7-16)30-23-22-24(28-14-27-23)31-21-11-8-17(26)13-19(21)20(29-22)12-15-4-2-1-3-5-15/h1-11,13-14H,12H2. The molecule has 0 atom stereocenters. The number of fused-ring (bicyclic) bond motifs is 2. The average molecular weight is 480 g/mol. The topological polar surface area (TPSA) is 38.1 Å². The lowest BCUT2D eigenvalue weighted by molar-refractivity contribution is 0.960. The largest absolute Gasteiger partial charge is 0.247 e. The number of nitrogens with zero attached hydrogens (tertiary/aromatic N) is 3. The summed E-state index contributed by atoms with van der Waals surface area (Å²) in [5.41, 5.74) is 3.94. The molecule has 0 fully saturated rings. The first-order chi connectivity index (χ1) is 15.2. The zero-order valence-electron chi connectivity index (χ0n) is 16.1. The Morgan fingerprint density at radius 3 is 2.42 bits per heavy atom. The zero-order chi connectivity index (χ0) is 21.2. The van der Waals surface area contributed by atoms with Crippen LogP contribution in [0.15, 0.2) is 104 Å². The molecule has 0 bridgehead atoms. The van der Waals surface area contributed by atoms with Gasteiger partial charge in [-0.3, -0.25) is 0 Å². The summed E-state index contributed by atoms with van der Waals surface area (Å²) in [6, 6.07) is 23.9. The molecule has 0 saturated carbocycles. The maximum Gasteiger partial charge on any atom is 0.131 e. The smallest absolute Gasteiger partial charge is 0.131 e. The number of benzene rings is 3. The molecule has 0 unspecified atom stereocenters. The van der Waals surface area contributed by atoms with Gasteiger partial charge in [-0.15, -0.1) is 0 Å². The summed E-state index contributed by atoms with van der Waals surface area (Å²) in [7, 11) is 0. The van der Waals surface area contributed by atoms with Gasteiger partial charge in [0, 0.05) is 31.8 Å². The molecule has 2 heterocycles. The number of aromatic nitrogens is 2. The van der Waals surface area contributed by atoms with E-state index in [9.17, 15) is 0 Å². The van der Waals surface area contributed by atoms with Crippen molar-refractivity contribution in [3.63, 3.8) is 0 Å². The molecule has 3 aromatic carbocycles. The van der Waals surface area contributed by atoms with Crippen molar-refractivity contribution >= 4 is 58.1 Å². The third-order valence-electron chi connectivity index (χ3n) is 4.70. The van der Waals surface area contributed by atoms with E-state index in [2.05, 4.69) is 22.1 Å². The van der Waals surface area contributed by atoms with Gasteiger partial charge in [0.15, 0.2) is 0 Å². The maximum atomic E-state index is 6.35. The van der Waals surface area contributed by atoms with Gasteiger partial charge in [0.1, 0.15) is 22.1 Å². The molecule has 0 radical (unpaired) electrons. The Bertz CT molecular complexity index is 1280. The van der Waals surface area contributed by atoms with Crippen molar-refractivity contribution in [3.8, 4) is 0 Å². The van der Waals surface area contributed by atoms with Crippen LogP contribution in [0.4, 0.5) is 5.69 Å². The van der Waals surface area contributed by atoms with E-state index in [1.165, 1.54) is 5.56 Å². The molecule has 5 rings (SSSR count). The molecule has 31 heavy (non-hydrogen) atoms. The molecular weight excluding hydrogens is 465 g/mol. The van der Waals surface area contributed by atoms with Crippen LogP contribution in [-0.4, -0.2) is 15.7 Å². The predicted molar refractivity (Wildman–Crippen MR) is 130 cm³/mol. The summed E-state index contributed by atoms with van der Waals surface area (Å²) in [5, 5.41) is 3.03. The number of aliphatic imine (C=N–C) groups is 1. The third-order valence-corrected chi connectivity index (χ3v) is 7.26. The Kier molecular flexibility index (Phi) is 6.01. The van der Waals surface area contributed by atoms with E-state index in [0.717, 1.165) is 36.8 Å². The second-order valence-corrected chi connectivity index (χ2v) is 9.82. The van der Waals surface area contributed by atoms with Gasteiger partial charge >= 0.3 is 0 Å². The van der Waals surface area contributed by atoms with E-state index in [-0.39, 0.29) is 0 Å². The predicted octanol–water partition coefficient (Wildman–Crippen LogP) is 7.76. The Balaban J connectivity index is 1.63. The first-order valence-corrected chi connectivity index (χ1v) is 11.9. The molecule has 0 amide bonds. The van der Waals surface area contributed by atoms with E-state index in [1.807, 2.05) is 60.7 Å². The van der Waals surface area contributed by atoms with Crippen LogP contribution in [0.1, 0.15) is 11.1 Å². The van der Waals surface area contributed by atoms with E-state index in [4.69, 9.17) is 28.2 Å². The van der Waals surface area contributed by atoms with Crippen molar-refractivity contribution in [2.24, 2.45) is 4.99 Å². The van der Waals surface area contributed by atoms with Gasteiger partial charge in [0.25, 0.3) is 0 Å². The highest BCUT2D eigenvalue weighted by Gasteiger charge is 2.22. The first kappa shape index (κ1) is 20.6. The van der Waals surface area contributed by atoms with Gasteiger partial charge in [0.2, 0.25) is 0 Å². The van der Waals surface area contributed by atoms with E-state index in [1.54, 1.807) is 29.9 Å². The fraction of sp³-hybridized carbons (Fsp3) is 0.0417. The van der Waals surface area contributed by atoms with Crippen molar-refractivity contribution in [2.45, 2.75) is 26.3 Å². The van der Waals surface area contributed by atoms with Gasteiger partial charge in [0.05, 0.1) is 5.71 Å². The SMILES string of the molecule is Clc1ccc(Sc2ncnc3c2N=C(Cc2ccccc2)c2cc(Cl)ccc2S3)cc1. The highest BCUT2D eigenvalue weighted by molar-refractivity contribution is 8.00. The molecule has 0 N–H and O–H groups in total. The molecule has 0 spiro atoms. The monoisotopic (exact) mass is 479 g/mol. The minimum atomic E-state index is 0.688. The molecule has 4 aromatic rings. The Labute approximate surface area is 199 Å². The van der Waals surface area contributed by atoms with Gasteiger partial charge < -0.3 is 0 Å². The van der Waals surface area contributed by atoms with Crippen LogP contribution in [0.3, 0.4) is 0 Å². The molecule has 1 aliphatic rings. The van der Waals surface area contributed by atoms with Crippen LogP contribution < -0.4 is 0 Å². The second-order valence-electron chi connectivity index (χ2n) is 6.85. The van der Waals surface area contributed by atoms with Crippen LogP contribution in [0.25, 0.3) is 0 Å². The van der Waals surface area contributed by atoms with E-state index in [0.29, 0.717) is 16.5 Å². The molecular formula is C24H15Cl2N3S2. The summed E-state index contributed by atoms with van der Waals surface area (Å²) in [4.78, 5) is 16.3. The Hall–Kier alpha value is -2.31. The van der Waals surface area contributed by atoms with Gasteiger partial charge in [-0.05, 0) is 48.0 Å². The molecule has 0 saturated heterocycles. The molecule has 1 aromatic heterocycles. The molecule has 7 heteroatoms. The maximum absolute atomic E-state index is 6.35. The van der Waals surface area contributed by atoms with Gasteiger partial charge in [-0.2, -0.15) is 0 Å². The summed E-state index contributed by atoms with van der Waals surface area (Å²) in [5.74, 6) is 0. The van der Waals surface area contributed by atoms with Crippen molar-refractivity contribution < 1.29 is 0 Å². The summed E-state index contributed by atoms with van der Waals surface area (Å²) >= 11 is 15.5. The first-order valence-electron chi connectivity index (χ1n) is 9.53. The second kappa shape index (κ2) is 9.05. The molecule has 1 aliphatic heterocycles. The lowest BCUT2D eigenvalue weighted by Crippen LogP contribution is -2.06. The van der Waals surface area contributed by atoms with Crippen LogP contribution in [-0.2, 0) is 6.42 Å². The fourth-order valence-corrected chi connectivity index (χ4v) is 5.41. The highest BCUT2D eigenvalue weighted by atomic mass is 35.5. The Morgan fingerprint density at radius 1 is 0.839 bits per heavy atom. The van der Waals surface area contributed by atoms with Crippen LogP contribution >= 0.6 is 46.7 Å². The highest BCUT2D eigenvalue weighted by Crippen LogP contribution is 2.45. The number of hydrogen-bond acceptors (Lipinski definition) is 5. The van der Waals surface area contributed by atoms with Gasteiger partial charge in [-0.25, -0.2) is 15.0 Å². The lowest BCUT2D eigenvalue weighted by atomic mass is 10.0. The zero-order valence-corrected chi connectivity index (χ0v) is 19.3. The van der Waals surface area contributed by atoms with Crippen molar-refractivity contribution in [3.05, 3.63) is 100 Å². The quantitative estimate of drug-likeness (QED) is 0.280. The lowest BCUT2D eigenvalue weighted by Gasteiger charge is -2.10. The average Bonchev–Trinajstić information content (AvgIpc) is 2.93. The summed E-state index contributed by atoms with van der Waals surface area (Å²) < 4.78 is 0. The van der Waals surface area contributed by atoms with Crippen LogP contribution in [0, 0.1) is 0 Å². The minimum absolute atomic E-state index is 0.688. The Morgan fingerprint density at radius 2 is 1.61 bits per heavy atom. The third kappa shape index (κ3) is 4.65. The molecule has 0 aliphatic carbocycles. The normalized spacial score (nSPS) is 12.5. The van der Waals surface area contributed by atoms with E-state index < -0.39 is 0 Å². The number of rotatable bonds is 4. The van der Waals surface area contributed by atoms with Crippen LogP contribution in [0.5, 0.6) is 0 Å². The van der Waals surface area contributed by atoms with Crippen molar-refractivity contribution in [2.75, 3.05) is 0 Å². The van der Waals surface area contributed by atoms with E-state index >= 15 is 0 Å². The summed E-state index contributed by atoms with van der Waals surface area (Å²) in [6.07, 6.45) is 2.28. The molecule has 3 nitrogen and oxygen atoms in total. The number of hydrogen-bond donors (Lipinski definition) is 0. The minimum Gasteiger partial charge on any atom is -0.247 e. The van der Waals surface area contributed by atoms with Gasteiger partial charge in [-0.1, -0.05) is 77.1 Å². The number of halogens is 2. The fourth-order valence-electron chi connectivity index (χ4n) is 3.25. The molecule has 152 valence electrons. The summed E-state index contributed by atoms with van der Waals surface area (Å²) in [6.45, 7) is 0. The van der Waals surface area contributed by atoms with Crippen molar-refractivity contribution in [1.82, 2.24) is 9.97 Å². The van der Waals surface area contributed by atoms with Crippen molar-refractivity contribution in [1.29, 1.82) is 0 Å². The van der Waals surface area contributed by atoms with Crippen LogP contribution in [0.2, 0.25) is 10.0 Å².